The van der Waals surface area contributed by atoms with Crippen molar-refractivity contribution in [2.75, 3.05) is 14.2 Å². The average molecular weight is 422 g/mol. The van der Waals surface area contributed by atoms with E-state index in [2.05, 4.69) is 15.2 Å². The molecule has 8 nitrogen and oxygen atoms in total. The number of aryl methyl sites for hydroxylation is 2. The summed E-state index contributed by atoms with van der Waals surface area (Å²) in [6.07, 6.45) is 0.286. The molecule has 0 aliphatic rings. The molecular weight excluding hydrogens is 403 g/mol. The number of halogens is 1. The minimum absolute atomic E-state index is 0.226. The van der Waals surface area contributed by atoms with Crippen LogP contribution in [0.4, 0.5) is 4.39 Å². The van der Waals surface area contributed by atoms with Gasteiger partial charge in [-0.05, 0) is 36.4 Å². The van der Waals surface area contributed by atoms with Gasteiger partial charge in [-0.1, -0.05) is 17.3 Å². The van der Waals surface area contributed by atoms with Crippen molar-refractivity contribution in [3.63, 3.8) is 0 Å². The first-order valence-electron chi connectivity index (χ1n) is 9.46. The first kappa shape index (κ1) is 20.3. The highest BCUT2D eigenvalue weighted by atomic mass is 19.1. The first-order valence-corrected chi connectivity index (χ1v) is 9.46. The van der Waals surface area contributed by atoms with Crippen molar-refractivity contribution < 1.29 is 18.4 Å². The van der Waals surface area contributed by atoms with Gasteiger partial charge >= 0.3 is 0 Å². The van der Waals surface area contributed by atoms with E-state index >= 15 is 0 Å². The van der Waals surface area contributed by atoms with Crippen molar-refractivity contribution >= 4 is 0 Å². The number of rotatable bonds is 7. The van der Waals surface area contributed by atoms with Gasteiger partial charge in [-0.2, -0.15) is 10.1 Å². The summed E-state index contributed by atoms with van der Waals surface area (Å²) in [5.74, 6) is 1.47. The molecule has 158 valence electrons. The lowest BCUT2D eigenvalue weighted by Gasteiger charge is -2.11. The maximum Gasteiger partial charge on any atom is 0.266 e. The molecule has 31 heavy (non-hydrogen) atoms. The van der Waals surface area contributed by atoms with E-state index in [1.54, 1.807) is 50.6 Å². The first-order chi connectivity index (χ1) is 15.1. The van der Waals surface area contributed by atoms with Gasteiger partial charge in [0, 0.05) is 23.6 Å². The van der Waals surface area contributed by atoms with E-state index in [1.165, 1.54) is 22.9 Å². The van der Waals surface area contributed by atoms with Gasteiger partial charge in [0.05, 0.1) is 26.5 Å². The SMILES string of the molecule is COc1ccc(OC)c(-c2ccc(=O)n(CCc3nc(-c4cccc(F)c4)no3)n2)c1. The molecule has 2 aromatic carbocycles. The second kappa shape index (κ2) is 8.78. The van der Waals surface area contributed by atoms with Crippen LogP contribution in [0.3, 0.4) is 0 Å². The summed E-state index contributed by atoms with van der Waals surface area (Å²) in [5, 5.41) is 8.33. The second-order valence-corrected chi connectivity index (χ2v) is 6.62. The number of aromatic nitrogens is 4. The van der Waals surface area contributed by atoms with Crippen LogP contribution >= 0.6 is 0 Å². The molecule has 0 unspecified atom stereocenters. The Kier molecular flexibility index (Phi) is 5.74. The Balaban J connectivity index is 1.56. The van der Waals surface area contributed by atoms with Crippen molar-refractivity contribution in [1.82, 2.24) is 19.9 Å². The Morgan fingerprint density at radius 3 is 2.71 bits per heavy atom. The summed E-state index contributed by atoms with van der Waals surface area (Å²) in [7, 11) is 3.13. The third-order valence-corrected chi connectivity index (χ3v) is 4.64. The van der Waals surface area contributed by atoms with Crippen LogP contribution in [-0.2, 0) is 13.0 Å². The molecule has 9 heteroatoms. The number of hydrogen-bond donors (Lipinski definition) is 0. The van der Waals surface area contributed by atoms with Crippen molar-refractivity contribution in [3.8, 4) is 34.1 Å². The Morgan fingerprint density at radius 2 is 1.94 bits per heavy atom. The molecule has 0 aliphatic heterocycles. The molecule has 0 amide bonds. The van der Waals surface area contributed by atoms with E-state index in [-0.39, 0.29) is 30.2 Å². The molecule has 4 rings (SSSR count). The maximum atomic E-state index is 13.4. The largest absolute Gasteiger partial charge is 0.497 e. The van der Waals surface area contributed by atoms with Crippen molar-refractivity contribution in [2.45, 2.75) is 13.0 Å². The van der Waals surface area contributed by atoms with Crippen LogP contribution in [0.25, 0.3) is 22.6 Å². The Labute approximate surface area is 176 Å². The van der Waals surface area contributed by atoms with Gasteiger partial charge in [0.2, 0.25) is 11.7 Å². The van der Waals surface area contributed by atoms with Crippen molar-refractivity contribution in [1.29, 1.82) is 0 Å². The van der Waals surface area contributed by atoms with Crippen molar-refractivity contribution in [2.24, 2.45) is 0 Å². The van der Waals surface area contributed by atoms with E-state index in [0.29, 0.717) is 34.2 Å². The smallest absolute Gasteiger partial charge is 0.266 e. The highest BCUT2D eigenvalue weighted by Crippen LogP contribution is 2.31. The van der Waals surface area contributed by atoms with E-state index in [1.807, 2.05) is 0 Å². The standard InChI is InChI=1S/C22H19FN4O4/c1-29-16-6-8-19(30-2)17(13-16)18-7-9-21(28)27(25-18)11-10-20-24-22(26-31-20)14-4-3-5-15(23)12-14/h3-9,12-13H,10-11H2,1-2H3. The van der Waals surface area contributed by atoms with E-state index in [4.69, 9.17) is 14.0 Å². The molecule has 0 radical (unpaired) electrons. The maximum absolute atomic E-state index is 13.4. The summed E-state index contributed by atoms with van der Waals surface area (Å²) < 4.78 is 30.6. The number of benzene rings is 2. The Bertz CT molecular complexity index is 1270. The fourth-order valence-corrected chi connectivity index (χ4v) is 3.07. The zero-order valence-corrected chi connectivity index (χ0v) is 16.9. The molecule has 2 aromatic heterocycles. The van der Waals surface area contributed by atoms with Crippen LogP contribution in [0, 0.1) is 5.82 Å². The van der Waals surface area contributed by atoms with Gasteiger partial charge in [0.15, 0.2) is 0 Å². The van der Waals surface area contributed by atoms with Gasteiger partial charge in [-0.25, -0.2) is 9.07 Å². The Morgan fingerprint density at radius 1 is 1.06 bits per heavy atom. The van der Waals surface area contributed by atoms with Gasteiger partial charge in [0.1, 0.15) is 17.3 Å². The lowest BCUT2D eigenvalue weighted by molar-refractivity contribution is 0.367. The van der Waals surface area contributed by atoms with E-state index in [0.717, 1.165) is 0 Å². The summed E-state index contributed by atoms with van der Waals surface area (Å²) in [5.41, 5.74) is 1.50. The molecule has 0 bridgehead atoms. The topological polar surface area (TPSA) is 92.3 Å². The van der Waals surface area contributed by atoms with Gasteiger partial charge in [-0.15, -0.1) is 0 Å². The van der Waals surface area contributed by atoms with Crippen LogP contribution in [0.15, 0.2) is 63.9 Å². The van der Waals surface area contributed by atoms with Crippen LogP contribution in [0.1, 0.15) is 5.89 Å². The van der Waals surface area contributed by atoms with Crippen LogP contribution in [0.2, 0.25) is 0 Å². The van der Waals surface area contributed by atoms with E-state index < -0.39 is 0 Å². The lowest BCUT2D eigenvalue weighted by atomic mass is 10.1. The fraction of sp³-hybridized carbons (Fsp3) is 0.182. The molecular formula is C22H19FN4O4. The molecule has 0 aliphatic carbocycles. The highest BCUT2D eigenvalue weighted by molar-refractivity contribution is 5.68. The monoisotopic (exact) mass is 422 g/mol. The molecule has 0 fully saturated rings. The quantitative estimate of drug-likeness (QED) is 0.451. The summed E-state index contributed by atoms with van der Waals surface area (Å²) in [4.78, 5) is 16.6. The predicted molar refractivity (Wildman–Crippen MR) is 110 cm³/mol. The zero-order valence-electron chi connectivity index (χ0n) is 16.9. The van der Waals surface area contributed by atoms with E-state index in [9.17, 15) is 9.18 Å². The summed E-state index contributed by atoms with van der Waals surface area (Å²) in [6, 6.07) is 14.3. The number of methoxy groups -OCH3 is 2. The molecule has 0 saturated heterocycles. The molecule has 0 N–H and O–H groups in total. The zero-order chi connectivity index (χ0) is 21.8. The summed E-state index contributed by atoms with van der Waals surface area (Å²) >= 11 is 0. The number of nitrogens with zero attached hydrogens (tertiary/aromatic N) is 4. The Hall–Kier alpha value is -4.01. The van der Waals surface area contributed by atoms with Gasteiger partial charge in [-0.3, -0.25) is 4.79 Å². The number of hydrogen-bond acceptors (Lipinski definition) is 7. The second-order valence-electron chi connectivity index (χ2n) is 6.62. The highest BCUT2D eigenvalue weighted by Gasteiger charge is 2.13. The predicted octanol–water partition coefficient (Wildman–Crippen LogP) is 3.36. The van der Waals surface area contributed by atoms with Crippen molar-refractivity contribution in [3.05, 3.63) is 76.7 Å². The van der Waals surface area contributed by atoms with Gasteiger partial charge in [0.25, 0.3) is 5.56 Å². The third kappa shape index (κ3) is 4.45. The van der Waals surface area contributed by atoms with Gasteiger partial charge < -0.3 is 14.0 Å². The molecule has 0 atom stereocenters. The molecule has 0 spiro atoms. The summed E-state index contributed by atoms with van der Waals surface area (Å²) in [6.45, 7) is 0.226. The minimum atomic E-state index is -0.385. The molecule has 0 saturated carbocycles. The minimum Gasteiger partial charge on any atom is -0.497 e. The normalized spacial score (nSPS) is 10.8. The van der Waals surface area contributed by atoms with Crippen LogP contribution in [0.5, 0.6) is 11.5 Å². The average Bonchev–Trinajstić information content (AvgIpc) is 3.27. The van der Waals surface area contributed by atoms with Crippen LogP contribution < -0.4 is 15.0 Å². The molecule has 4 aromatic rings. The van der Waals surface area contributed by atoms with Crippen LogP contribution in [-0.4, -0.2) is 34.1 Å². The third-order valence-electron chi connectivity index (χ3n) is 4.64. The lowest BCUT2D eigenvalue weighted by Crippen LogP contribution is -2.23. The molecule has 2 heterocycles. The fourth-order valence-electron chi connectivity index (χ4n) is 3.07. The number of ether oxygens (including phenoxy) is 2.